The summed E-state index contributed by atoms with van der Waals surface area (Å²) in [6.45, 7) is 1.96. The topological polar surface area (TPSA) is 41.9 Å². The third kappa shape index (κ3) is 6.36. The molecule has 0 radical (unpaired) electrons. The van der Waals surface area contributed by atoms with Gasteiger partial charge in [0.15, 0.2) is 0 Å². The first-order valence-corrected chi connectivity index (χ1v) is 12.9. The van der Waals surface area contributed by atoms with Crippen LogP contribution in [-0.2, 0) is 6.42 Å². The second-order valence-electron chi connectivity index (χ2n) is 9.78. The summed E-state index contributed by atoms with van der Waals surface area (Å²) >= 11 is 0. The van der Waals surface area contributed by atoms with Gasteiger partial charge in [-0.3, -0.25) is 9.29 Å². The smallest absolute Gasteiger partial charge is 0.508 e. The number of nitrogens with zero attached hydrogens (tertiary/aromatic N) is 1. The Morgan fingerprint density at radius 2 is 1.69 bits per heavy atom. The summed E-state index contributed by atoms with van der Waals surface area (Å²) in [7, 11) is 0. The zero-order chi connectivity index (χ0) is 27.6. The maximum Gasteiger partial charge on any atom is 0.573 e. The molecule has 1 N–H and O–H groups in total. The summed E-state index contributed by atoms with van der Waals surface area (Å²) in [6.07, 6.45) is -2.52. The van der Waals surface area contributed by atoms with Crippen molar-refractivity contribution < 1.29 is 36.5 Å². The molecule has 0 bridgehead atoms. The van der Waals surface area contributed by atoms with Crippen molar-refractivity contribution >= 4 is 11.1 Å². The number of aryl methyl sites for hydroxylation is 1. The minimum absolute atomic E-state index is 0.00381. The second kappa shape index (κ2) is 11.3. The van der Waals surface area contributed by atoms with Gasteiger partial charge in [-0.15, -0.1) is 13.2 Å². The molecule has 1 fully saturated rings. The van der Waals surface area contributed by atoms with Crippen LogP contribution in [0.2, 0.25) is 0 Å². The number of aromatic hydroxyl groups is 1. The summed E-state index contributed by atoms with van der Waals surface area (Å²) in [5.41, 5.74) is 3.96. The van der Waals surface area contributed by atoms with Crippen molar-refractivity contribution in [1.82, 2.24) is 4.90 Å². The SMILES string of the molecule is Oc1ccc2c(c1)C(c1ccc(O[C@H]3CCN(CCCF)C3)cc1)=C(c1ccc(OC(F)(F)F)cc1F)CC2. The standard InChI is InChI=1S/C30H28F5NO3/c31-13-1-14-36-15-12-24(18-36)38-22-7-3-20(4-8-22)29-26(10-5-19-2-6-21(37)16-27(19)29)25-11-9-23(17-28(25)32)39-30(33,34)35/h2-4,6-9,11,16-17,24,37H,1,5,10,12-15,18H2/t24-/m0/s1. The third-order valence-electron chi connectivity index (χ3n) is 7.09. The van der Waals surface area contributed by atoms with Gasteiger partial charge in [-0.05, 0) is 89.9 Å². The summed E-state index contributed by atoms with van der Waals surface area (Å²) in [5, 5.41) is 10.2. The Hall–Kier alpha value is -3.59. The van der Waals surface area contributed by atoms with Crippen LogP contribution in [0, 0.1) is 5.82 Å². The molecule has 3 aromatic rings. The molecule has 1 atom stereocenters. The monoisotopic (exact) mass is 545 g/mol. The first-order valence-electron chi connectivity index (χ1n) is 12.9. The lowest BCUT2D eigenvalue weighted by atomic mass is 9.79. The number of halogens is 5. The molecule has 1 heterocycles. The highest BCUT2D eigenvalue weighted by molar-refractivity contribution is 6.01. The summed E-state index contributed by atoms with van der Waals surface area (Å²) in [5.74, 6) is -0.729. The molecule has 5 rings (SSSR count). The van der Waals surface area contributed by atoms with Crippen LogP contribution in [0.15, 0.2) is 60.7 Å². The summed E-state index contributed by atoms with van der Waals surface area (Å²) in [6, 6.07) is 15.6. The Morgan fingerprint density at radius 1 is 0.923 bits per heavy atom. The predicted molar refractivity (Wildman–Crippen MR) is 138 cm³/mol. The van der Waals surface area contributed by atoms with E-state index in [9.17, 15) is 22.7 Å². The lowest BCUT2D eigenvalue weighted by molar-refractivity contribution is -0.274. The number of allylic oxidation sites excluding steroid dienone is 1. The van der Waals surface area contributed by atoms with Crippen LogP contribution in [0.5, 0.6) is 17.2 Å². The van der Waals surface area contributed by atoms with Crippen LogP contribution < -0.4 is 9.47 Å². The Labute approximate surface area is 223 Å². The molecular formula is C30H28F5NO3. The Bertz CT molecular complexity index is 1350. The molecule has 0 spiro atoms. The Kier molecular flexibility index (Phi) is 7.79. The zero-order valence-electron chi connectivity index (χ0n) is 21.1. The molecule has 2 aliphatic rings. The minimum Gasteiger partial charge on any atom is -0.508 e. The van der Waals surface area contributed by atoms with Crippen LogP contribution in [-0.4, -0.2) is 48.8 Å². The molecule has 3 aromatic carbocycles. The fourth-order valence-electron chi connectivity index (χ4n) is 5.37. The lowest BCUT2D eigenvalue weighted by Crippen LogP contribution is -2.26. The van der Waals surface area contributed by atoms with Crippen LogP contribution >= 0.6 is 0 Å². The maximum absolute atomic E-state index is 15.2. The van der Waals surface area contributed by atoms with E-state index < -0.39 is 17.9 Å². The highest BCUT2D eigenvalue weighted by atomic mass is 19.4. The molecule has 39 heavy (non-hydrogen) atoms. The number of likely N-dealkylation sites (tertiary alicyclic amines) is 1. The predicted octanol–water partition coefficient (Wildman–Crippen LogP) is 7.15. The summed E-state index contributed by atoms with van der Waals surface area (Å²) < 4.78 is 75.6. The second-order valence-corrected chi connectivity index (χ2v) is 9.78. The molecule has 4 nitrogen and oxygen atoms in total. The van der Waals surface area contributed by atoms with Gasteiger partial charge in [-0.2, -0.15) is 0 Å². The van der Waals surface area contributed by atoms with Crippen LogP contribution in [0.4, 0.5) is 22.0 Å². The first kappa shape index (κ1) is 27.0. The molecule has 0 unspecified atom stereocenters. The van der Waals surface area contributed by atoms with Crippen molar-refractivity contribution in [1.29, 1.82) is 0 Å². The van der Waals surface area contributed by atoms with Gasteiger partial charge in [-0.25, -0.2) is 4.39 Å². The van der Waals surface area contributed by atoms with Crippen LogP contribution in [0.1, 0.15) is 41.5 Å². The highest BCUT2D eigenvalue weighted by Gasteiger charge is 2.32. The largest absolute Gasteiger partial charge is 0.573 e. The lowest BCUT2D eigenvalue weighted by Gasteiger charge is -2.25. The Balaban J connectivity index is 1.47. The van der Waals surface area contributed by atoms with Gasteiger partial charge in [0.05, 0.1) is 6.67 Å². The van der Waals surface area contributed by atoms with E-state index in [2.05, 4.69) is 9.64 Å². The molecule has 206 valence electrons. The van der Waals surface area contributed by atoms with Gasteiger partial charge < -0.3 is 14.6 Å². The molecule has 1 saturated heterocycles. The van der Waals surface area contributed by atoms with Crippen molar-refractivity contribution in [2.45, 2.75) is 38.1 Å². The zero-order valence-corrected chi connectivity index (χ0v) is 21.1. The van der Waals surface area contributed by atoms with Crippen molar-refractivity contribution in [3.63, 3.8) is 0 Å². The van der Waals surface area contributed by atoms with E-state index in [1.54, 1.807) is 12.1 Å². The van der Waals surface area contributed by atoms with Crippen LogP contribution in [0.3, 0.4) is 0 Å². The number of benzene rings is 3. The minimum atomic E-state index is -4.92. The van der Waals surface area contributed by atoms with Gasteiger partial charge in [0.2, 0.25) is 0 Å². The molecular weight excluding hydrogens is 517 g/mol. The normalized spacial score (nSPS) is 17.8. The van der Waals surface area contributed by atoms with Crippen LogP contribution in [0.25, 0.3) is 11.1 Å². The number of phenolic OH excluding ortho intramolecular Hbond substituents is 1. The van der Waals surface area contributed by atoms with E-state index in [4.69, 9.17) is 4.74 Å². The number of rotatable bonds is 8. The van der Waals surface area contributed by atoms with Gasteiger partial charge in [0, 0.05) is 31.3 Å². The molecule has 1 aliphatic heterocycles. The quantitative estimate of drug-likeness (QED) is 0.306. The van der Waals surface area contributed by atoms with E-state index >= 15 is 4.39 Å². The highest BCUT2D eigenvalue weighted by Crippen LogP contribution is 2.43. The third-order valence-corrected chi connectivity index (χ3v) is 7.09. The van der Waals surface area contributed by atoms with Gasteiger partial charge in [-0.1, -0.05) is 18.2 Å². The molecule has 0 aromatic heterocycles. The van der Waals surface area contributed by atoms with Gasteiger partial charge in [0.1, 0.15) is 29.2 Å². The fraction of sp³-hybridized carbons (Fsp3) is 0.333. The number of ether oxygens (including phenoxy) is 2. The van der Waals surface area contributed by atoms with E-state index in [0.29, 0.717) is 42.7 Å². The molecule has 9 heteroatoms. The average molecular weight is 546 g/mol. The molecule has 1 aliphatic carbocycles. The van der Waals surface area contributed by atoms with Gasteiger partial charge >= 0.3 is 6.36 Å². The van der Waals surface area contributed by atoms with E-state index in [1.165, 1.54) is 6.07 Å². The first-order chi connectivity index (χ1) is 18.7. The van der Waals surface area contributed by atoms with Crippen molar-refractivity contribution in [3.8, 4) is 17.2 Å². The molecule has 0 saturated carbocycles. The number of alkyl halides is 4. The van der Waals surface area contributed by atoms with E-state index in [-0.39, 0.29) is 24.1 Å². The van der Waals surface area contributed by atoms with Gasteiger partial charge in [0.25, 0.3) is 0 Å². The van der Waals surface area contributed by atoms with Crippen molar-refractivity contribution in [2.24, 2.45) is 0 Å². The number of phenols is 1. The van der Waals surface area contributed by atoms with E-state index in [1.807, 2.05) is 30.3 Å². The Morgan fingerprint density at radius 3 is 2.41 bits per heavy atom. The fourth-order valence-corrected chi connectivity index (χ4v) is 5.37. The number of hydrogen-bond donors (Lipinski definition) is 1. The molecule has 0 amide bonds. The summed E-state index contributed by atoms with van der Waals surface area (Å²) in [4.78, 5) is 2.18. The van der Waals surface area contributed by atoms with Crippen molar-refractivity contribution in [3.05, 3.63) is 88.7 Å². The average Bonchev–Trinajstić information content (AvgIpc) is 3.33. The number of hydrogen-bond acceptors (Lipinski definition) is 4. The van der Waals surface area contributed by atoms with Crippen molar-refractivity contribution in [2.75, 3.05) is 26.3 Å². The maximum atomic E-state index is 15.2. The number of fused-ring (bicyclic) bond motifs is 1. The van der Waals surface area contributed by atoms with E-state index in [0.717, 1.165) is 48.3 Å².